The van der Waals surface area contributed by atoms with Gasteiger partial charge in [-0.1, -0.05) is 6.92 Å². The Hall–Kier alpha value is -1.60. The zero-order chi connectivity index (χ0) is 17.9. The van der Waals surface area contributed by atoms with E-state index in [2.05, 4.69) is 0 Å². The van der Waals surface area contributed by atoms with Crippen LogP contribution in [0.25, 0.3) is 0 Å². The summed E-state index contributed by atoms with van der Waals surface area (Å²) in [5.41, 5.74) is 0. The van der Waals surface area contributed by atoms with Crippen molar-refractivity contribution in [3.8, 4) is 5.75 Å². The summed E-state index contributed by atoms with van der Waals surface area (Å²) >= 11 is 0. The molecule has 7 heteroatoms. The molecule has 1 saturated carbocycles. The first-order valence-electron chi connectivity index (χ1n) is 9.05. The molecule has 0 radical (unpaired) electrons. The van der Waals surface area contributed by atoms with Gasteiger partial charge in [-0.15, -0.1) is 0 Å². The van der Waals surface area contributed by atoms with E-state index in [1.165, 1.54) is 17.1 Å². The first-order chi connectivity index (χ1) is 12.0. The van der Waals surface area contributed by atoms with Gasteiger partial charge in [0.1, 0.15) is 5.75 Å². The molecule has 0 aromatic heterocycles. The predicted octanol–water partition coefficient (Wildman–Crippen LogP) is 2.25. The van der Waals surface area contributed by atoms with Crippen molar-refractivity contribution in [3.63, 3.8) is 0 Å². The minimum Gasteiger partial charge on any atom is -0.490 e. The van der Waals surface area contributed by atoms with Crippen LogP contribution in [0.15, 0.2) is 29.2 Å². The van der Waals surface area contributed by atoms with Gasteiger partial charge in [-0.25, -0.2) is 8.42 Å². The van der Waals surface area contributed by atoms with Crippen LogP contribution in [0.2, 0.25) is 0 Å². The molecule has 1 aromatic rings. The van der Waals surface area contributed by atoms with E-state index < -0.39 is 10.0 Å². The number of carbonyl (C=O) groups is 1. The molecule has 0 spiro atoms. The lowest BCUT2D eigenvalue weighted by Gasteiger charge is -2.33. The molecule has 0 unspecified atom stereocenters. The monoisotopic (exact) mass is 366 g/mol. The second-order valence-electron chi connectivity index (χ2n) is 6.63. The van der Waals surface area contributed by atoms with Crippen molar-refractivity contribution in [3.05, 3.63) is 24.3 Å². The second-order valence-corrected chi connectivity index (χ2v) is 8.57. The maximum atomic E-state index is 12.8. The maximum absolute atomic E-state index is 12.8. The Bertz CT molecular complexity index is 688. The standard InChI is InChI=1S/C18H26N2O4S/c1-2-18(21)19-11-13-20(14-12-19)25(22,23)17-9-7-16(8-10-17)24-15-5-3-4-6-15/h7-10,15H,2-6,11-14H2,1H3. The lowest BCUT2D eigenvalue weighted by atomic mass is 10.3. The Kier molecular flexibility index (Phi) is 5.64. The molecule has 0 N–H and O–H groups in total. The molecule has 1 heterocycles. The smallest absolute Gasteiger partial charge is 0.243 e. The molecule has 1 saturated heterocycles. The van der Waals surface area contributed by atoms with Gasteiger partial charge in [0.25, 0.3) is 0 Å². The number of nitrogens with zero attached hydrogens (tertiary/aromatic N) is 2. The molecule has 1 amide bonds. The van der Waals surface area contributed by atoms with Crippen LogP contribution >= 0.6 is 0 Å². The van der Waals surface area contributed by atoms with Crippen LogP contribution < -0.4 is 4.74 Å². The highest BCUT2D eigenvalue weighted by molar-refractivity contribution is 7.89. The van der Waals surface area contributed by atoms with Crippen molar-refractivity contribution in [2.75, 3.05) is 26.2 Å². The molecule has 0 bridgehead atoms. The van der Waals surface area contributed by atoms with Crippen molar-refractivity contribution < 1.29 is 17.9 Å². The fourth-order valence-electron chi connectivity index (χ4n) is 3.44. The Morgan fingerprint density at radius 2 is 1.68 bits per heavy atom. The van der Waals surface area contributed by atoms with Crippen molar-refractivity contribution in [1.29, 1.82) is 0 Å². The fourth-order valence-corrected chi connectivity index (χ4v) is 4.86. The van der Waals surface area contributed by atoms with Gasteiger partial charge in [-0.3, -0.25) is 4.79 Å². The van der Waals surface area contributed by atoms with E-state index in [9.17, 15) is 13.2 Å². The highest BCUT2D eigenvalue weighted by Crippen LogP contribution is 2.26. The minimum atomic E-state index is -3.52. The van der Waals surface area contributed by atoms with Gasteiger partial charge >= 0.3 is 0 Å². The molecule has 2 fully saturated rings. The van der Waals surface area contributed by atoms with Crippen molar-refractivity contribution in [2.24, 2.45) is 0 Å². The van der Waals surface area contributed by atoms with Gasteiger partial charge in [-0.05, 0) is 49.9 Å². The Balaban J connectivity index is 1.63. The van der Waals surface area contributed by atoms with E-state index >= 15 is 0 Å². The van der Waals surface area contributed by atoms with Crippen LogP contribution in [0.3, 0.4) is 0 Å². The summed E-state index contributed by atoms with van der Waals surface area (Å²) < 4.78 is 32.9. The molecule has 1 aromatic carbocycles. The van der Waals surface area contributed by atoms with E-state index in [1.54, 1.807) is 29.2 Å². The van der Waals surface area contributed by atoms with E-state index in [4.69, 9.17) is 4.74 Å². The Morgan fingerprint density at radius 1 is 1.08 bits per heavy atom. The number of benzene rings is 1. The topological polar surface area (TPSA) is 66.9 Å². The van der Waals surface area contributed by atoms with E-state index in [0.29, 0.717) is 32.6 Å². The number of hydrogen-bond donors (Lipinski definition) is 0. The molecule has 1 aliphatic carbocycles. The second kappa shape index (κ2) is 7.74. The van der Waals surface area contributed by atoms with Gasteiger partial charge in [0.2, 0.25) is 15.9 Å². The Labute approximate surface area is 149 Å². The summed E-state index contributed by atoms with van der Waals surface area (Å²) in [6.07, 6.45) is 5.25. The van der Waals surface area contributed by atoms with E-state index in [-0.39, 0.29) is 16.9 Å². The van der Waals surface area contributed by atoms with Gasteiger partial charge in [0.15, 0.2) is 0 Å². The summed E-state index contributed by atoms with van der Waals surface area (Å²) in [5, 5.41) is 0. The summed E-state index contributed by atoms with van der Waals surface area (Å²) in [6, 6.07) is 6.70. The minimum absolute atomic E-state index is 0.0745. The lowest BCUT2D eigenvalue weighted by Crippen LogP contribution is -2.50. The normalized spacial score (nSPS) is 20.0. The fraction of sp³-hybridized carbons (Fsp3) is 0.611. The molecule has 138 valence electrons. The number of piperazine rings is 1. The Morgan fingerprint density at radius 3 is 2.24 bits per heavy atom. The first-order valence-corrected chi connectivity index (χ1v) is 10.5. The first kappa shape index (κ1) is 18.2. The van der Waals surface area contributed by atoms with Crippen molar-refractivity contribution in [2.45, 2.75) is 50.0 Å². The molecule has 3 rings (SSSR count). The van der Waals surface area contributed by atoms with E-state index in [0.717, 1.165) is 18.6 Å². The third-order valence-electron chi connectivity index (χ3n) is 4.96. The van der Waals surface area contributed by atoms with Crippen LogP contribution in [0, 0.1) is 0 Å². The van der Waals surface area contributed by atoms with Gasteiger partial charge in [0.05, 0.1) is 11.0 Å². The molecule has 6 nitrogen and oxygen atoms in total. The van der Waals surface area contributed by atoms with Crippen LogP contribution in [-0.4, -0.2) is 55.8 Å². The average molecular weight is 366 g/mol. The average Bonchev–Trinajstić information content (AvgIpc) is 3.14. The number of carbonyl (C=O) groups excluding carboxylic acids is 1. The highest BCUT2D eigenvalue weighted by atomic mass is 32.2. The predicted molar refractivity (Wildman–Crippen MR) is 95.0 cm³/mol. The summed E-state index contributed by atoms with van der Waals surface area (Å²) in [7, 11) is -3.52. The number of ether oxygens (including phenoxy) is 1. The molecular weight excluding hydrogens is 340 g/mol. The zero-order valence-electron chi connectivity index (χ0n) is 14.7. The van der Waals surface area contributed by atoms with Gasteiger partial charge < -0.3 is 9.64 Å². The molecule has 2 aliphatic rings. The number of hydrogen-bond acceptors (Lipinski definition) is 4. The van der Waals surface area contributed by atoms with Crippen molar-refractivity contribution in [1.82, 2.24) is 9.21 Å². The quantitative estimate of drug-likeness (QED) is 0.802. The molecule has 1 aliphatic heterocycles. The molecular formula is C18H26N2O4S. The SMILES string of the molecule is CCC(=O)N1CCN(S(=O)(=O)c2ccc(OC3CCCC3)cc2)CC1. The molecule has 25 heavy (non-hydrogen) atoms. The third kappa shape index (κ3) is 4.15. The largest absolute Gasteiger partial charge is 0.490 e. The summed E-state index contributed by atoms with van der Waals surface area (Å²) in [5.74, 6) is 0.801. The van der Waals surface area contributed by atoms with Crippen LogP contribution in [-0.2, 0) is 14.8 Å². The number of sulfonamides is 1. The van der Waals surface area contributed by atoms with Crippen LogP contribution in [0.4, 0.5) is 0 Å². The zero-order valence-corrected chi connectivity index (χ0v) is 15.5. The van der Waals surface area contributed by atoms with Gasteiger partial charge in [-0.2, -0.15) is 4.31 Å². The third-order valence-corrected chi connectivity index (χ3v) is 6.87. The number of rotatable bonds is 5. The van der Waals surface area contributed by atoms with E-state index in [1.807, 2.05) is 6.92 Å². The molecule has 0 atom stereocenters. The van der Waals surface area contributed by atoms with Crippen LogP contribution in [0.5, 0.6) is 5.75 Å². The summed E-state index contributed by atoms with van der Waals surface area (Å²) in [4.78, 5) is 13.7. The maximum Gasteiger partial charge on any atom is 0.243 e. The lowest BCUT2D eigenvalue weighted by molar-refractivity contribution is -0.132. The number of amides is 1. The van der Waals surface area contributed by atoms with Gasteiger partial charge in [0, 0.05) is 32.6 Å². The highest BCUT2D eigenvalue weighted by Gasteiger charge is 2.29. The van der Waals surface area contributed by atoms with Crippen molar-refractivity contribution >= 4 is 15.9 Å². The summed E-state index contributed by atoms with van der Waals surface area (Å²) in [6.45, 7) is 3.41. The van der Waals surface area contributed by atoms with Crippen LogP contribution in [0.1, 0.15) is 39.0 Å².